The second-order valence-corrected chi connectivity index (χ2v) is 7.42. The van der Waals surface area contributed by atoms with E-state index in [9.17, 15) is 18.0 Å². The number of anilines is 2. The average Bonchev–Trinajstić information content (AvgIpc) is 3.07. The lowest BCUT2D eigenvalue weighted by Gasteiger charge is -2.09. The van der Waals surface area contributed by atoms with Crippen LogP contribution in [0.1, 0.15) is 6.92 Å². The first-order valence-corrected chi connectivity index (χ1v) is 9.39. The first-order chi connectivity index (χ1) is 12.8. The first kappa shape index (κ1) is 18.7. The highest BCUT2D eigenvalue weighted by atomic mass is 32.2. The number of nitrogens with one attached hydrogen (secondary N) is 3. The lowest BCUT2D eigenvalue weighted by Crippen LogP contribution is -2.32. The van der Waals surface area contributed by atoms with Crippen LogP contribution in [0.3, 0.4) is 0 Å². The van der Waals surface area contributed by atoms with Crippen LogP contribution in [-0.2, 0) is 19.6 Å². The van der Waals surface area contributed by atoms with E-state index in [0.29, 0.717) is 22.9 Å². The van der Waals surface area contributed by atoms with Crippen LogP contribution in [-0.4, -0.2) is 33.6 Å². The number of fused-ring (bicyclic) bond motifs is 1. The normalized spacial score (nSPS) is 12.5. The molecule has 10 heteroatoms. The molecule has 3 N–H and O–H groups in total. The van der Waals surface area contributed by atoms with Gasteiger partial charge in [-0.1, -0.05) is 6.07 Å². The Morgan fingerprint density at radius 1 is 1.00 bits per heavy atom. The summed E-state index contributed by atoms with van der Waals surface area (Å²) in [6.45, 7) is 0.948. The Morgan fingerprint density at radius 2 is 1.70 bits per heavy atom. The number of amides is 2. The quantitative estimate of drug-likeness (QED) is 0.682. The van der Waals surface area contributed by atoms with Gasteiger partial charge in [0.05, 0.1) is 11.4 Å². The highest BCUT2D eigenvalue weighted by Gasteiger charge is 2.21. The van der Waals surface area contributed by atoms with Gasteiger partial charge in [0.2, 0.25) is 28.6 Å². The molecule has 0 saturated heterocycles. The van der Waals surface area contributed by atoms with Crippen molar-refractivity contribution in [3.63, 3.8) is 0 Å². The minimum Gasteiger partial charge on any atom is -0.454 e. The van der Waals surface area contributed by atoms with Crippen LogP contribution in [0.15, 0.2) is 47.4 Å². The molecule has 0 fully saturated rings. The zero-order chi connectivity index (χ0) is 19.4. The van der Waals surface area contributed by atoms with Crippen LogP contribution in [0.2, 0.25) is 0 Å². The van der Waals surface area contributed by atoms with Crippen molar-refractivity contribution in [1.29, 1.82) is 0 Å². The van der Waals surface area contributed by atoms with Crippen LogP contribution < -0.4 is 24.8 Å². The van der Waals surface area contributed by atoms with Crippen molar-refractivity contribution in [2.24, 2.45) is 0 Å². The molecule has 142 valence electrons. The molecule has 0 bridgehead atoms. The summed E-state index contributed by atoms with van der Waals surface area (Å²) in [6, 6.07) is 10.7. The number of carbonyl (C=O) groups is 2. The predicted molar refractivity (Wildman–Crippen MR) is 97.1 cm³/mol. The third kappa shape index (κ3) is 4.74. The summed E-state index contributed by atoms with van der Waals surface area (Å²) in [5.41, 5.74) is 0.940. The fourth-order valence-electron chi connectivity index (χ4n) is 2.37. The molecule has 0 atom stereocenters. The maximum Gasteiger partial charge on any atom is 0.241 e. The SMILES string of the molecule is CC(=O)Nc1cccc(NC(=O)CNS(=O)(=O)c2ccc3c(c2)OCO3)c1. The summed E-state index contributed by atoms with van der Waals surface area (Å²) in [4.78, 5) is 23.1. The molecule has 0 aromatic heterocycles. The van der Waals surface area contributed by atoms with Gasteiger partial charge < -0.3 is 20.1 Å². The number of rotatable bonds is 6. The lowest BCUT2D eigenvalue weighted by atomic mass is 10.2. The van der Waals surface area contributed by atoms with Crippen molar-refractivity contribution >= 4 is 33.2 Å². The number of hydrogen-bond donors (Lipinski definition) is 3. The van der Waals surface area contributed by atoms with E-state index < -0.39 is 22.5 Å². The maximum absolute atomic E-state index is 12.3. The third-order valence-electron chi connectivity index (χ3n) is 3.54. The van der Waals surface area contributed by atoms with Crippen molar-refractivity contribution in [2.45, 2.75) is 11.8 Å². The van der Waals surface area contributed by atoms with E-state index in [2.05, 4.69) is 15.4 Å². The van der Waals surface area contributed by atoms with Gasteiger partial charge in [-0.2, -0.15) is 0 Å². The summed E-state index contributed by atoms with van der Waals surface area (Å²) in [6.07, 6.45) is 0. The van der Waals surface area contributed by atoms with E-state index in [4.69, 9.17) is 9.47 Å². The van der Waals surface area contributed by atoms with Crippen molar-refractivity contribution in [1.82, 2.24) is 4.72 Å². The van der Waals surface area contributed by atoms with E-state index in [1.807, 2.05) is 0 Å². The number of hydrogen-bond acceptors (Lipinski definition) is 6. The molecule has 0 saturated carbocycles. The molecule has 0 aliphatic carbocycles. The zero-order valence-corrected chi connectivity index (χ0v) is 15.1. The fraction of sp³-hybridized carbons (Fsp3) is 0.176. The molecule has 0 unspecified atom stereocenters. The van der Waals surface area contributed by atoms with Crippen molar-refractivity contribution in [3.05, 3.63) is 42.5 Å². The third-order valence-corrected chi connectivity index (χ3v) is 4.94. The molecule has 3 rings (SSSR count). The van der Waals surface area contributed by atoms with E-state index in [1.165, 1.54) is 25.1 Å². The fourth-order valence-corrected chi connectivity index (χ4v) is 3.37. The Balaban J connectivity index is 1.61. The molecule has 27 heavy (non-hydrogen) atoms. The molecular formula is C17H17N3O6S. The van der Waals surface area contributed by atoms with Crippen LogP contribution in [0.4, 0.5) is 11.4 Å². The topological polar surface area (TPSA) is 123 Å². The van der Waals surface area contributed by atoms with Gasteiger partial charge >= 0.3 is 0 Å². The second-order valence-electron chi connectivity index (χ2n) is 5.65. The lowest BCUT2D eigenvalue weighted by molar-refractivity contribution is -0.115. The highest BCUT2D eigenvalue weighted by molar-refractivity contribution is 7.89. The summed E-state index contributed by atoms with van der Waals surface area (Å²) < 4.78 is 37.2. The molecular weight excluding hydrogens is 374 g/mol. The van der Waals surface area contributed by atoms with Gasteiger partial charge in [-0.25, -0.2) is 13.1 Å². The van der Waals surface area contributed by atoms with E-state index in [0.717, 1.165) is 0 Å². The van der Waals surface area contributed by atoms with Crippen LogP contribution in [0, 0.1) is 0 Å². The number of sulfonamides is 1. The van der Waals surface area contributed by atoms with Crippen LogP contribution in [0.25, 0.3) is 0 Å². The molecule has 2 amide bonds. The van der Waals surface area contributed by atoms with Gasteiger partial charge in [0, 0.05) is 24.4 Å². The van der Waals surface area contributed by atoms with Crippen molar-refractivity contribution < 1.29 is 27.5 Å². The summed E-state index contributed by atoms with van der Waals surface area (Å²) in [7, 11) is -3.90. The molecule has 2 aromatic rings. The van der Waals surface area contributed by atoms with Crippen LogP contribution in [0.5, 0.6) is 11.5 Å². The molecule has 0 spiro atoms. The van der Waals surface area contributed by atoms with Gasteiger partial charge in [-0.15, -0.1) is 0 Å². The van der Waals surface area contributed by atoms with Gasteiger partial charge in [0.1, 0.15) is 0 Å². The van der Waals surface area contributed by atoms with Gasteiger partial charge in [0.25, 0.3) is 0 Å². The smallest absolute Gasteiger partial charge is 0.241 e. The Morgan fingerprint density at radius 3 is 2.44 bits per heavy atom. The average molecular weight is 391 g/mol. The van der Waals surface area contributed by atoms with Gasteiger partial charge in [-0.3, -0.25) is 9.59 Å². The Labute approximate surface area is 155 Å². The number of benzene rings is 2. The molecule has 1 aliphatic rings. The molecule has 1 aliphatic heterocycles. The second kappa shape index (κ2) is 7.64. The number of carbonyl (C=O) groups excluding carboxylic acids is 2. The minimum absolute atomic E-state index is 0.0339. The van der Waals surface area contributed by atoms with Gasteiger partial charge in [-0.05, 0) is 30.3 Å². The number of ether oxygens (including phenoxy) is 2. The first-order valence-electron chi connectivity index (χ1n) is 7.90. The Bertz CT molecular complexity index is 990. The summed E-state index contributed by atoms with van der Waals surface area (Å²) in [5.74, 6) is -0.00267. The molecule has 0 radical (unpaired) electrons. The summed E-state index contributed by atoms with van der Waals surface area (Å²) >= 11 is 0. The predicted octanol–water partition coefficient (Wildman–Crippen LogP) is 1.29. The Hall–Kier alpha value is -3.11. The molecule has 1 heterocycles. The van der Waals surface area contributed by atoms with E-state index >= 15 is 0 Å². The van der Waals surface area contributed by atoms with Crippen molar-refractivity contribution in [3.8, 4) is 11.5 Å². The highest BCUT2D eigenvalue weighted by Crippen LogP contribution is 2.33. The monoisotopic (exact) mass is 391 g/mol. The largest absolute Gasteiger partial charge is 0.454 e. The maximum atomic E-state index is 12.3. The summed E-state index contributed by atoms with van der Waals surface area (Å²) in [5, 5.41) is 5.15. The molecule has 9 nitrogen and oxygen atoms in total. The van der Waals surface area contributed by atoms with Crippen molar-refractivity contribution in [2.75, 3.05) is 24.0 Å². The van der Waals surface area contributed by atoms with Gasteiger partial charge in [0.15, 0.2) is 11.5 Å². The zero-order valence-electron chi connectivity index (χ0n) is 14.3. The van der Waals surface area contributed by atoms with E-state index in [1.54, 1.807) is 24.3 Å². The standard InChI is InChI=1S/C17H17N3O6S/c1-11(21)19-12-3-2-4-13(7-12)20-17(22)9-18-27(23,24)14-5-6-15-16(8-14)26-10-25-15/h2-8,18H,9-10H2,1H3,(H,19,21)(H,20,22). The van der Waals surface area contributed by atoms with Crippen LogP contribution >= 0.6 is 0 Å². The molecule has 2 aromatic carbocycles. The Kier molecular flexibility index (Phi) is 5.28. The minimum atomic E-state index is -3.90. The van der Waals surface area contributed by atoms with E-state index in [-0.39, 0.29) is 17.6 Å².